The molecule has 1 aliphatic rings. The Morgan fingerprint density at radius 1 is 1.35 bits per heavy atom. The first-order chi connectivity index (χ1) is 9.44. The second-order valence-corrected chi connectivity index (χ2v) is 6.39. The normalized spacial score (nSPS) is 16.9. The molecular weight excluding hydrogens is 346 g/mol. The first kappa shape index (κ1) is 15.3. The van der Waals surface area contributed by atoms with Crippen molar-refractivity contribution in [3.05, 3.63) is 33.3 Å². The van der Waals surface area contributed by atoms with Crippen LogP contribution in [0.3, 0.4) is 0 Å². The van der Waals surface area contributed by atoms with E-state index in [1.54, 1.807) is 18.2 Å². The van der Waals surface area contributed by atoms with E-state index < -0.39 is 11.4 Å². The fraction of sp³-hybridized carbons (Fsp3) is 0.429. The van der Waals surface area contributed by atoms with E-state index in [9.17, 15) is 14.7 Å². The predicted molar refractivity (Wildman–Crippen MR) is 80.0 cm³/mol. The van der Waals surface area contributed by atoms with Crippen LogP contribution in [0.25, 0.3) is 0 Å². The first-order valence-corrected chi connectivity index (χ1v) is 7.58. The molecule has 1 aromatic rings. The number of hydrogen-bond donors (Lipinski definition) is 2. The van der Waals surface area contributed by atoms with Crippen molar-refractivity contribution in [1.82, 2.24) is 5.32 Å². The van der Waals surface area contributed by atoms with E-state index in [1.807, 2.05) is 0 Å². The van der Waals surface area contributed by atoms with Crippen molar-refractivity contribution in [3.8, 4) is 0 Å². The van der Waals surface area contributed by atoms with Gasteiger partial charge in [-0.05, 0) is 47.0 Å². The minimum atomic E-state index is -0.828. The Bertz CT molecular complexity index is 541. The summed E-state index contributed by atoms with van der Waals surface area (Å²) in [6.45, 7) is 0.163. The third kappa shape index (κ3) is 3.15. The zero-order valence-corrected chi connectivity index (χ0v) is 13.1. The molecule has 20 heavy (non-hydrogen) atoms. The Balaban J connectivity index is 2.06. The average Bonchev–Trinajstić information content (AvgIpc) is 2.86. The summed E-state index contributed by atoms with van der Waals surface area (Å²) in [6, 6.07) is 4.88. The van der Waals surface area contributed by atoms with E-state index in [0.717, 1.165) is 12.8 Å². The SMILES string of the molecule is O=C(NCC1(C(=O)O)CCCC1)c1ccc(Cl)cc1Br. The maximum Gasteiger partial charge on any atom is 0.311 e. The molecule has 0 aromatic heterocycles. The van der Waals surface area contributed by atoms with Crippen molar-refractivity contribution in [2.75, 3.05) is 6.54 Å². The van der Waals surface area contributed by atoms with Crippen molar-refractivity contribution in [2.45, 2.75) is 25.7 Å². The molecule has 1 fully saturated rings. The molecule has 1 aliphatic carbocycles. The highest BCUT2D eigenvalue weighted by molar-refractivity contribution is 9.10. The van der Waals surface area contributed by atoms with E-state index in [4.69, 9.17) is 11.6 Å². The van der Waals surface area contributed by atoms with Gasteiger partial charge in [0.05, 0.1) is 11.0 Å². The second-order valence-electron chi connectivity index (χ2n) is 5.10. The maximum absolute atomic E-state index is 12.1. The van der Waals surface area contributed by atoms with Crippen LogP contribution < -0.4 is 5.32 Å². The Kier molecular flexibility index (Phi) is 4.70. The van der Waals surface area contributed by atoms with E-state index in [0.29, 0.717) is 27.9 Å². The van der Waals surface area contributed by atoms with Crippen LogP contribution in [0.15, 0.2) is 22.7 Å². The van der Waals surface area contributed by atoms with Gasteiger partial charge in [0.1, 0.15) is 0 Å². The van der Waals surface area contributed by atoms with Gasteiger partial charge in [0.25, 0.3) is 5.91 Å². The summed E-state index contributed by atoms with van der Waals surface area (Å²) in [5.41, 5.74) is -0.359. The lowest BCUT2D eigenvalue weighted by Crippen LogP contribution is -2.41. The molecule has 2 N–H and O–H groups in total. The van der Waals surface area contributed by atoms with Crippen LogP contribution in [-0.4, -0.2) is 23.5 Å². The fourth-order valence-electron chi connectivity index (χ4n) is 2.54. The molecule has 2 rings (SSSR count). The molecular formula is C14H15BrClNO3. The second kappa shape index (κ2) is 6.14. The molecule has 6 heteroatoms. The van der Waals surface area contributed by atoms with Crippen molar-refractivity contribution >= 4 is 39.4 Å². The zero-order chi connectivity index (χ0) is 14.8. The minimum Gasteiger partial charge on any atom is -0.481 e. The molecule has 0 spiro atoms. The summed E-state index contributed by atoms with van der Waals surface area (Å²) in [6.07, 6.45) is 3.02. The van der Waals surface area contributed by atoms with Gasteiger partial charge in [-0.15, -0.1) is 0 Å². The van der Waals surface area contributed by atoms with E-state index in [1.165, 1.54) is 0 Å². The van der Waals surface area contributed by atoms with Crippen molar-refractivity contribution in [3.63, 3.8) is 0 Å². The lowest BCUT2D eigenvalue weighted by atomic mass is 9.86. The summed E-state index contributed by atoms with van der Waals surface area (Å²) in [4.78, 5) is 23.5. The van der Waals surface area contributed by atoms with Crippen LogP contribution in [0.1, 0.15) is 36.0 Å². The smallest absolute Gasteiger partial charge is 0.311 e. The standard InChI is InChI=1S/C14H15BrClNO3/c15-11-7-9(16)3-4-10(11)12(18)17-8-14(13(19)20)5-1-2-6-14/h3-4,7H,1-2,5-6,8H2,(H,17,18)(H,19,20). The van der Waals surface area contributed by atoms with Gasteiger partial charge in [0.15, 0.2) is 0 Å². The highest BCUT2D eigenvalue weighted by atomic mass is 79.9. The third-order valence-electron chi connectivity index (χ3n) is 3.78. The quantitative estimate of drug-likeness (QED) is 0.864. The fourth-order valence-corrected chi connectivity index (χ4v) is 3.40. The summed E-state index contributed by atoms with van der Waals surface area (Å²) in [7, 11) is 0. The molecule has 1 saturated carbocycles. The molecule has 1 amide bonds. The molecule has 0 saturated heterocycles. The first-order valence-electron chi connectivity index (χ1n) is 6.41. The van der Waals surface area contributed by atoms with Crippen molar-refractivity contribution in [1.29, 1.82) is 0 Å². The number of benzene rings is 1. The molecule has 108 valence electrons. The molecule has 0 bridgehead atoms. The number of nitrogens with one attached hydrogen (secondary N) is 1. The third-order valence-corrected chi connectivity index (χ3v) is 4.67. The van der Waals surface area contributed by atoms with Gasteiger partial charge in [0.2, 0.25) is 0 Å². The number of halogens is 2. The lowest BCUT2D eigenvalue weighted by molar-refractivity contribution is -0.148. The molecule has 0 aliphatic heterocycles. The monoisotopic (exact) mass is 359 g/mol. The van der Waals surface area contributed by atoms with Crippen molar-refractivity contribution < 1.29 is 14.7 Å². The summed E-state index contributed by atoms with van der Waals surface area (Å²) in [5.74, 6) is -1.12. The molecule has 0 unspecified atom stereocenters. The van der Waals surface area contributed by atoms with Gasteiger partial charge in [-0.1, -0.05) is 24.4 Å². The van der Waals surface area contributed by atoms with E-state index in [2.05, 4.69) is 21.2 Å². The number of amides is 1. The van der Waals surface area contributed by atoms with Crippen LogP contribution >= 0.6 is 27.5 Å². The summed E-state index contributed by atoms with van der Waals surface area (Å²) >= 11 is 9.11. The van der Waals surface area contributed by atoms with Gasteiger partial charge < -0.3 is 10.4 Å². The topological polar surface area (TPSA) is 66.4 Å². The van der Waals surface area contributed by atoms with Gasteiger partial charge in [-0.25, -0.2) is 0 Å². The Hall–Kier alpha value is -1.07. The molecule has 0 radical (unpaired) electrons. The number of hydrogen-bond acceptors (Lipinski definition) is 2. The van der Waals surface area contributed by atoms with Crippen LogP contribution in [0.4, 0.5) is 0 Å². The van der Waals surface area contributed by atoms with Crippen LogP contribution in [0, 0.1) is 5.41 Å². The number of carboxylic acids is 1. The highest BCUT2D eigenvalue weighted by Crippen LogP contribution is 2.37. The minimum absolute atomic E-state index is 0.163. The van der Waals surface area contributed by atoms with E-state index >= 15 is 0 Å². The largest absolute Gasteiger partial charge is 0.481 e. The maximum atomic E-state index is 12.1. The van der Waals surface area contributed by atoms with Gasteiger partial charge >= 0.3 is 5.97 Å². The summed E-state index contributed by atoms with van der Waals surface area (Å²) < 4.78 is 0.596. The molecule has 0 atom stereocenters. The van der Waals surface area contributed by atoms with Crippen LogP contribution in [-0.2, 0) is 4.79 Å². The number of carboxylic acid groups (broad SMARTS) is 1. The number of rotatable bonds is 4. The van der Waals surface area contributed by atoms with Crippen LogP contribution in [0.5, 0.6) is 0 Å². The lowest BCUT2D eigenvalue weighted by Gasteiger charge is -2.24. The molecule has 1 aromatic carbocycles. The number of carbonyl (C=O) groups is 2. The average molecular weight is 361 g/mol. The van der Waals surface area contributed by atoms with Crippen molar-refractivity contribution in [2.24, 2.45) is 5.41 Å². The highest BCUT2D eigenvalue weighted by Gasteiger charge is 2.41. The van der Waals surface area contributed by atoms with Crippen LogP contribution in [0.2, 0.25) is 5.02 Å². The summed E-state index contributed by atoms with van der Waals surface area (Å²) in [5, 5.41) is 12.6. The van der Waals surface area contributed by atoms with Gasteiger partial charge in [-0.2, -0.15) is 0 Å². The molecule has 4 nitrogen and oxygen atoms in total. The number of carbonyl (C=O) groups excluding carboxylic acids is 1. The predicted octanol–water partition coefficient (Wildman–Crippen LogP) is 3.48. The Morgan fingerprint density at radius 2 is 2.00 bits per heavy atom. The van der Waals surface area contributed by atoms with Gasteiger partial charge in [-0.3, -0.25) is 9.59 Å². The van der Waals surface area contributed by atoms with Gasteiger partial charge in [0, 0.05) is 16.0 Å². The number of aliphatic carboxylic acids is 1. The Morgan fingerprint density at radius 3 is 2.55 bits per heavy atom. The molecule has 0 heterocycles. The zero-order valence-electron chi connectivity index (χ0n) is 10.8. The van der Waals surface area contributed by atoms with E-state index in [-0.39, 0.29) is 12.5 Å². The Labute approximate surface area is 130 Å².